The van der Waals surface area contributed by atoms with Crippen LogP contribution in [0.1, 0.15) is 63.5 Å². The number of carbonyl (C=O) groups is 1. The number of amides is 1. The lowest BCUT2D eigenvalue weighted by Gasteiger charge is -2.31. The normalized spacial score (nSPS) is 16.1. The van der Waals surface area contributed by atoms with Crippen molar-refractivity contribution < 1.29 is 19.6 Å². The Labute approximate surface area is 154 Å². The zero-order chi connectivity index (χ0) is 19.1. The molecule has 0 radical (unpaired) electrons. The molecule has 1 fully saturated rings. The minimum Gasteiger partial charge on any atom is -0.494 e. The van der Waals surface area contributed by atoms with Crippen molar-refractivity contribution in [2.45, 2.75) is 64.0 Å². The summed E-state index contributed by atoms with van der Waals surface area (Å²) in [5.74, 6) is 0.591. The van der Waals surface area contributed by atoms with Crippen molar-refractivity contribution in [2.24, 2.45) is 0 Å². The van der Waals surface area contributed by atoms with Crippen molar-refractivity contribution in [3.8, 4) is 5.75 Å². The van der Waals surface area contributed by atoms with Gasteiger partial charge in [0.2, 0.25) is 5.91 Å². The van der Waals surface area contributed by atoms with Crippen LogP contribution in [0, 0.1) is 10.1 Å². The third kappa shape index (κ3) is 5.42. The van der Waals surface area contributed by atoms with Crippen LogP contribution in [0.5, 0.6) is 5.75 Å². The summed E-state index contributed by atoms with van der Waals surface area (Å²) in [6, 6.07) is 4.69. The molecule has 1 aromatic carbocycles. The zero-order valence-electron chi connectivity index (χ0n) is 15.5. The quantitative estimate of drug-likeness (QED) is 0.432. The lowest BCUT2D eigenvalue weighted by atomic mass is 9.94. The van der Waals surface area contributed by atoms with Gasteiger partial charge in [-0.3, -0.25) is 14.9 Å². The topological polar surface area (TPSA) is 92.9 Å². The Hall–Kier alpha value is -2.15. The fraction of sp³-hybridized carbons (Fsp3) is 0.632. The number of aliphatic hydroxyl groups is 1. The van der Waals surface area contributed by atoms with Crippen LogP contribution in [0.25, 0.3) is 0 Å². The number of nitro groups is 1. The molecule has 0 heterocycles. The van der Waals surface area contributed by atoms with Gasteiger partial charge in [-0.15, -0.1) is 0 Å². The van der Waals surface area contributed by atoms with Crippen molar-refractivity contribution >= 4 is 11.6 Å². The van der Waals surface area contributed by atoms with E-state index in [2.05, 4.69) is 0 Å². The molecule has 1 amide bonds. The van der Waals surface area contributed by atoms with Gasteiger partial charge in [-0.2, -0.15) is 0 Å². The first kappa shape index (κ1) is 20.2. The summed E-state index contributed by atoms with van der Waals surface area (Å²) in [5, 5.41) is 20.7. The second-order valence-corrected chi connectivity index (χ2v) is 6.90. The molecule has 0 aliphatic heterocycles. The fourth-order valence-corrected chi connectivity index (χ4v) is 3.39. The summed E-state index contributed by atoms with van der Waals surface area (Å²) in [5.41, 5.74) is 0.0947. The number of aliphatic hydroxyl groups excluding tert-OH is 1. The van der Waals surface area contributed by atoms with Gasteiger partial charge in [-0.1, -0.05) is 19.3 Å². The number of hydrogen-bond donors (Lipinski definition) is 1. The maximum atomic E-state index is 12.3. The van der Waals surface area contributed by atoms with Gasteiger partial charge < -0.3 is 14.7 Å². The van der Waals surface area contributed by atoms with Crippen LogP contribution >= 0.6 is 0 Å². The molecule has 0 bridgehead atoms. The number of rotatable bonds is 8. The van der Waals surface area contributed by atoms with Crippen LogP contribution in [0.4, 0.5) is 5.69 Å². The summed E-state index contributed by atoms with van der Waals surface area (Å²) in [6.07, 6.45) is 5.86. The highest BCUT2D eigenvalue weighted by Gasteiger charge is 2.22. The first-order valence-corrected chi connectivity index (χ1v) is 9.25. The van der Waals surface area contributed by atoms with E-state index in [0.29, 0.717) is 31.2 Å². The van der Waals surface area contributed by atoms with E-state index >= 15 is 0 Å². The molecule has 1 aliphatic carbocycles. The predicted molar refractivity (Wildman–Crippen MR) is 98.1 cm³/mol. The van der Waals surface area contributed by atoms with Gasteiger partial charge in [0.05, 0.1) is 23.2 Å². The molecular formula is C19H28N2O5. The summed E-state index contributed by atoms with van der Waals surface area (Å²) >= 11 is 0. The first-order chi connectivity index (χ1) is 12.4. The Kier molecular flexibility index (Phi) is 7.38. The van der Waals surface area contributed by atoms with Crippen LogP contribution in [0.3, 0.4) is 0 Å². The Bertz CT molecular complexity index is 626. The van der Waals surface area contributed by atoms with Gasteiger partial charge in [-0.25, -0.2) is 0 Å². The van der Waals surface area contributed by atoms with Gasteiger partial charge >= 0.3 is 0 Å². The Morgan fingerprint density at radius 1 is 1.38 bits per heavy atom. The van der Waals surface area contributed by atoms with Crippen molar-refractivity contribution in [3.05, 3.63) is 33.9 Å². The zero-order valence-corrected chi connectivity index (χ0v) is 15.5. The minimum atomic E-state index is -0.954. The average Bonchev–Trinajstić information content (AvgIpc) is 2.64. The largest absolute Gasteiger partial charge is 0.494 e. The second-order valence-electron chi connectivity index (χ2n) is 6.90. The van der Waals surface area contributed by atoms with Crippen LogP contribution in [-0.2, 0) is 4.79 Å². The third-order valence-electron chi connectivity index (χ3n) is 4.97. The minimum absolute atomic E-state index is 0.128. The number of nitro benzene ring substituents is 1. The lowest BCUT2D eigenvalue weighted by molar-refractivity contribution is -0.386. The fourth-order valence-electron chi connectivity index (χ4n) is 3.39. The van der Waals surface area contributed by atoms with E-state index in [1.165, 1.54) is 44.4 Å². The molecule has 7 nitrogen and oxygen atoms in total. The molecule has 1 saturated carbocycles. The Morgan fingerprint density at radius 3 is 2.69 bits per heavy atom. The maximum absolute atomic E-state index is 12.3. The monoisotopic (exact) mass is 364 g/mol. The first-order valence-electron chi connectivity index (χ1n) is 9.25. The molecule has 26 heavy (non-hydrogen) atoms. The van der Waals surface area contributed by atoms with Gasteiger partial charge in [0, 0.05) is 25.6 Å². The molecule has 1 aliphatic rings. The summed E-state index contributed by atoms with van der Waals surface area (Å²) < 4.78 is 5.60. The highest BCUT2D eigenvalue weighted by Crippen LogP contribution is 2.29. The summed E-state index contributed by atoms with van der Waals surface area (Å²) in [4.78, 5) is 24.6. The van der Waals surface area contributed by atoms with E-state index in [0.717, 1.165) is 12.8 Å². The third-order valence-corrected chi connectivity index (χ3v) is 4.97. The molecule has 1 N–H and O–H groups in total. The van der Waals surface area contributed by atoms with E-state index in [1.807, 2.05) is 11.9 Å². The van der Waals surface area contributed by atoms with Crippen LogP contribution in [0.15, 0.2) is 18.2 Å². The Balaban J connectivity index is 1.81. The van der Waals surface area contributed by atoms with E-state index in [9.17, 15) is 20.0 Å². The van der Waals surface area contributed by atoms with Gasteiger partial charge in [0.15, 0.2) is 0 Å². The average molecular weight is 364 g/mol. The van der Waals surface area contributed by atoms with Crippen molar-refractivity contribution in [1.82, 2.24) is 4.90 Å². The molecule has 7 heteroatoms. The highest BCUT2D eigenvalue weighted by molar-refractivity contribution is 5.76. The molecule has 0 spiro atoms. The molecular weight excluding hydrogens is 336 g/mol. The molecule has 0 saturated heterocycles. The molecule has 1 aromatic rings. The number of ether oxygens (including phenoxy) is 1. The van der Waals surface area contributed by atoms with Gasteiger partial charge in [-0.05, 0) is 38.3 Å². The van der Waals surface area contributed by atoms with Crippen LogP contribution in [0.2, 0.25) is 0 Å². The highest BCUT2D eigenvalue weighted by atomic mass is 16.6. The van der Waals surface area contributed by atoms with E-state index in [-0.39, 0.29) is 17.2 Å². The van der Waals surface area contributed by atoms with Gasteiger partial charge in [0.25, 0.3) is 5.69 Å². The summed E-state index contributed by atoms with van der Waals surface area (Å²) in [7, 11) is 1.88. The predicted octanol–water partition coefficient (Wildman–Crippen LogP) is 3.60. The molecule has 0 aromatic heterocycles. The SMILES string of the molecule is CC(O)c1cc(OCCCC(=O)N(C)C2CCCCC2)ccc1[N+](=O)[O-]. The number of benzene rings is 1. The standard InChI is InChI=1S/C19H28N2O5/c1-14(22)17-13-16(10-11-18(17)21(24)25)26-12-6-9-19(23)20(2)15-7-4-3-5-8-15/h10-11,13-15,22H,3-9,12H2,1-2H3. The number of carbonyl (C=O) groups excluding carboxylic acids is 1. The van der Waals surface area contributed by atoms with E-state index in [1.54, 1.807) is 0 Å². The Morgan fingerprint density at radius 2 is 2.08 bits per heavy atom. The molecule has 1 atom stereocenters. The number of hydrogen-bond acceptors (Lipinski definition) is 5. The van der Waals surface area contributed by atoms with Crippen molar-refractivity contribution in [3.63, 3.8) is 0 Å². The smallest absolute Gasteiger partial charge is 0.275 e. The molecule has 144 valence electrons. The van der Waals surface area contributed by atoms with Gasteiger partial charge in [0.1, 0.15) is 5.75 Å². The van der Waals surface area contributed by atoms with Crippen molar-refractivity contribution in [2.75, 3.05) is 13.7 Å². The second kappa shape index (κ2) is 9.52. The lowest BCUT2D eigenvalue weighted by Crippen LogP contribution is -2.38. The maximum Gasteiger partial charge on any atom is 0.275 e. The molecule has 2 rings (SSSR count). The summed E-state index contributed by atoms with van der Waals surface area (Å²) in [6.45, 7) is 1.83. The number of nitrogens with zero attached hydrogens (tertiary/aromatic N) is 2. The van der Waals surface area contributed by atoms with E-state index < -0.39 is 11.0 Å². The van der Waals surface area contributed by atoms with Crippen LogP contribution < -0.4 is 4.74 Å². The van der Waals surface area contributed by atoms with E-state index in [4.69, 9.17) is 4.74 Å². The van der Waals surface area contributed by atoms with Crippen molar-refractivity contribution in [1.29, 1.82) is 0 Å². The van der Waals surface area contributed by atoms with Crippen LogP contribution in [-0.4, -0.2) is 40.5 Å². The molecule has 1 unspecified atom stereocenters.